The highest BCUT2D eigenvalue weighted by Gasteiger charge is 2.19. The van der Waals surface area contributed by atoms with E-state index in [0.717, 1.165) is 17.6 Å². The molecule has 0 spiro atoms. The van der Waals surface area contributed by atoms with Crippen LogP contribution in [0.2, 0.25) is 0 Å². The largest absolute Gasteiger partial charge is 0.507 e. The predicted molar refractivity (Wildman–Crippen MR) is 84.3 cm³/mol. The Bertz CT molecular complexity index is 772. The van der Waals surface area contributed by atoms with Crippen LogP contribution < -0.4 is 5.43 Å². The van der Waals surface area contributed by atoms with Crippen LogP contribution in [0.4, 0.5) is 0 Å². The van der Waals surface area contributed by atoms with E-state index in [1.54, 1.807) is 6.07 Å². The molecule has 0 aliphatic heterocycles. The number of pyridine rings is 1. The number of aromatic nitrogens is 1. The van der Waals surface area contributed by atoms with Gasteiger partial charge in [-0.2, -0.15) is 0 Å². The number of aromatic hydroxyl groups is 1. The van der Waals surface area contributed by atoms with Gasteiger partial charge >= 0.3 is 0 Å². The fourth-order valence-electron chi connectivity index (χ4n) is 2.90. The van der Waals surface area contributed by atoms with Crippen LogP contribution in [0.5, 0.6) is 5.75 Å². The molecule has 4 nitrogen and oxygen atoms in total. The first kappa shape index (κ1) is 15.3. The molecule has 0 radical (unpaired) electrons. The smallest absolute Gasteiger partial charge is 0.189 e. The van der Waals surface area contributed by atoms with Gasteiger partial charge in [-0.25, -0.2) is 0 Å². The van der Waals surface area contributed by atoms with Gasteiger partial charge in [0.1, 0.15) is 5.75 Å². The Labute approximate surface area is 124 Å². The first-order chi connectivity index (χ1) is 9.92. The second-order valence-electron chi connectivity index (χ2n) is 5.35. The molecule has 0 saturated carbocycles. The summed E-state index contributed by atoms with van der Waals surface area (Å²) in [7, 11) is 0. The average molecular weight is 287 g/mol. The Balaban J connectivity index is 3.06. The summed E-state index contributed by atoms with van der Waals surface area (Å²) < 4.78 is 2.02. The molecule has 0 atom stereocenters. The third-order valence-corrected chi connectivity index (χ3v) is 3.87. The molecule has 2 rings (SSSR count). The minimum atomic E-state index is -0.227. The van der Waals surface area contributed by atoms with E-state index in [0.29, 0.717) is 23.9 Å². The topological polar surface area (TPSA) is 59.3 Å². The van der Waals surface area contributed by atoms with E-state index in [2.05, 4.69) is 0 Å². The number of rotatable bonds is 4. The maximum absolute atomic E-state index is 12.3. The molecular formula is C17H21NO3. The van der Waals surface area contributed by atoms with Gasteiger partial charge < -0.3 is 9.67 Å². The van der Waals surface area contributed by atoms with Crippen molar-refractivity contribution in [1.29, 1.82) is 0 Å². The van der Waals surface area contributed by atoms with E-state index in [9.17, 15) is 14.7 Å². The first-order valence-corrected chi connectivity index (χ1v) is 7.32. The molecule has 0 unspecified atom stereocenters. The fraction of sp³-hybridized carbons (Fsp3) is 0.412. The van der Waals surface area contributed by atoms with Crippen molar-refractivity contribution in [2.75, 3.05) is 0 Å². The fourth-order valence-corrected chi connectivity index (χ4v) is 2.90. The molecule has 0 bridgehead atoms. The van der Waals surface area contributed by atoms with Crippen molar-refractivity contribution in [2.45, 2.75) is 47.1 Å². The lowest BCUT2D eigenvalue weighted by Gasteiger charge is -2.18. The summed E-state index contributed by atoms with van der Waals surface area (Å²) in [6.07, 6.45) is 1.46. The van der Waals surface area contributed by atoms with Gasteiger partial charge in [0.2, 0.25) is 0 Å². The monoisotopic (exact) mass is 287 g/mol. The Morgan fingerprint density at radius 1 is 1.29 bits per heavy atom. The lowest BCUT2D eigenvalue weighted by molar-refractivity contribution is 0.101. The summed E-state index contributed by atoms with van der Waals surface area (Å²) in [5.74, 6) is -0.209. The van der Waals surface area contributed by atoms with Crippen molar-refractivity contribution in [2.24, 2.45) is 0 Å². The van der Waals surface area contributed by atoms with E-state index in [-0.39, 0.29) is 22.5 Å². The normalized spacial score (nSPS) is 11.0. The predicted octanol–water partition coefficient (Wildman–Crippen LogP) is 3.19. The number of ketones is 1. The van der Waals surface area contributed by atoms with Crippen LogP contribution in [-0.4, -0.2) is 15.5 Å². The number of fused-ring (bicyclic) bond motifs is 1. The van der Waals surface area contributed by atoms with Crippen molar-refractivity contribution in [3.05, 3.63) is 39.2 Å². The van der Waals surface area contributed by atoms with Crippen molar-refractivity contribution < 1.29 is 9.90 Å². The van der Waals surface area contributed by atoms with Crippen molar-refractivity contribution >= 4 is 16.7 Å². The van der Waals surface area contributed by atoms with Crippen LogP contribution in [0.15, 0.2) is 16.9 Å². The van der Waals surface area contributed by atoms with Crippen molar-refractivity contribution in [3.63, 3.8) is 0 Å². The summed E-state index contributed by atoms with van der Waals surface area (Å²) in [5.41, 5.74) is 2.44. The van der Waals surface area contributed by atoms with Crippen LogP contribution in [0.1, 0.15) is 48.8 Å². The third kappa shape index (κ3) is 2.46. The molecule has 2 aromatic rings. The minimum Gasteiger partial charge on any atom is -0.507 e. The Hall–Kier alpha value is -2.10. The number of hydrogen-bond donors (Lipinski definition) is 1. The number of hydrogen-bond acceptors (Lipinski definition) is 3. The standard InChI is InChI=1S/C17H21NO3/c1-5-7-12-16-14(9-13(11(4)19)17(12)21)15(20)8-10(3)18(16)6-2/h8-9,21H,5-7H2,1-4H3. The molecule has 4 heteroatoms. The van der Waals surface area contributed by atoms with Gasteiger partial charge in [0.05, 0.1) is 11.1 Å². The Kier molecular flexibility index (Phi) is 4.16. The Morgan fingerprint density at radius 2 is 1.95 bits per heavy atom. The molecule has 1 N–H and O–H groups in total. The quantitative estimate of drug-likeness (QED) is 0.878. The molecule has 112 valence electrons. The number of carbonyl (C=O) groups is 1. The van der Waals surface area contributed by atoms with Crippen molar-refractivity contribution in [1.82, 2.24) is 4.57 Å². The minimum absolute atomic E-state index is 0.0176. The van der Waals surface area contributed by atoms with Crippen LogP contribution in [0.25, 0.3) is 10.9 Å². The highest BCUT2D eigenvalue weighted by Crippen LogP contribution is 2.32. The molecular weight excluding hydrogens is 266 g/mol. The van der Waals surface area contributed by atoms with Gasteiger partial charge in [-0.05, 0) is 33.3 Å². The number of nitrogens with zero attached hydrogens (tertiary/aromatic N) is 1. The number of aryl methyl sites for hydroxylation is 3. The lowest BCUT2D eigenvalue weighted by atomic mass is 9.97. The molecule has 0 aliphatic rings. The third-order valence-electron chi connectivity index (χ3n) is 3.87. The number of Topliss-reactive ketones (excluding diaryl/α,β-unsaturated/α-hetero) is 1. The summed E-state index contributed by atoms with van der Waals surface area (Å²) >= 11 is 0. The average Bonchev–Trinajstić information content (AvgIpc) is 2.41. The SMILES string of the molecule is CCCc1c(O)c(C(C)=O)cc2c(=O)cc(C)n(CC)c12. The maximum Gasteiger partial charge on any atom is 0.189 e. The molecule has 21 heavy (non-hydrogen) atoms. The zero-order chi connectivity index (χ0) is 15.7. The maximum atomic E-state index is 12.3. The van der Waals surface area contributed by atoms with Gasteiger partial charge in [-0.3, -0.25) is 9.59 Å². The molecule has 0 aliphatic carbocycles. The van der Waals surface area contributed by atoms with Gasteiger partial charge in [0.25, 0.3) is 0 Å². The first-order valence-electron chi connectivity index (χ1n) is 7.32. The molecule has 1 heterocycles. The summed E-state index contributed by atoms with van der Waals surface area (Å²) in [5, 5.41) is 11.0. The van der Waals surface area contributed by atoms with Gasteiger partial charge in [-0.1, -0.05) is 13.3 Å². The molecule has 1 aromatic heterocycles. The summed E-state index contributed by atoms with van der Waals surface area (Å²) in [6, 6.07) is 3.11. The van der Waals surface area contributed by atoms with Gasteiger partial charge in [0, 0.05) is 29.3 Å². The van der Waals surface area contributed by atoms with Gasteiger partial charge in [-0.15, -0.1) is 0 Å². The van der Waals surface area contributed by atoms with Crippen LogP contribution in [0.3, 0.4) is 0 Å². The number of phenolic OH excluding ortho intramolecular Hbond substituents is 1. The number of benzene rings is 1. The van der Waals surface area contributed by atoms with E-state index in [4.69, 9.17) is 0 Å². The number of carbonyl (C=O) groups excluding carboxylic acids is 1. The molecule has 1 aromatic carbocycles. The number of phenols is 1. The van der Waals surface area contributed by atoms with Gasteiger partial charge in [0.15, 0.2) is 11.2 Å². The van der Waals surface area contributed by atoms with Crippen LogP contribution >= 0.6 is 0 Å². The highest BCUT2D eigenvalue weighted by molar-refractivity contribution is 6.02. The Morgan fingerprint density at radius 3 is 2.48 bits per heavy atom. The second-order valence-corrected chi connectivity index (χ2v) is 5.35. The highest BCUT2D eigenvalue weighted by atomic mass is 16.3. The lowest BCUT2D eigenvalue weighted by Crippen LogP contribution is -2.14. The zero-order valence-corrected chi connectivity index (χ0v) is 13.0. The zero-order valence-electron chi connectivity index (χ0n) is 13.0. The van der Waals surface area contributed by atoms with E-state index < -0.39 is 0 Å². The second kappa shape index (κ2) is 5.72. The molecule has 0 amide bonds. The molecule has 0 saturated heterocycles. The summed E-state index contributed by atoms with van der Waals surface area (Å²) in [6.45, 7) is 8.01. The van der Waals surface area contributed by atoms with E-state index in [1.165, 1.54) is 13.0 Å². The van der Waals surface area contributed by atoms with Crippen LogP contribution in [0, 0.1) is 6.92 Å². The van der Waals surface area contributed by atoms with E-state index >= 15 is 0 Å². The van der Waals surface area contributed by atoms with E-state index in [1.807, 2.05) is 25.3 Å². The van der Waals surface area contributed by atoms with Crippen molar-refractivity contribution in [3.8, 4) is 5.75 Å². The molecule has 0 fully saturated rings. The summed E-state index contributed by atoms with van der Waals surface area (Å²) in [4.78, 5) is 24.0. The van der Waals surface area contributed by atoms with Crippen LogP contribution in [-0.2, 0) is 13.0 Å².